The van der Waals surface area contributed by atoms with Crippen molar-refractivity contribution in [2.75, 3.05) is 44.3 Å². The summed E-state index contributed by atoms with van der Waals surface area (Å²) < 4.78 is 57.7. The average Bonchev–Trinajstić information content (AvgIpc) is 3.58. The fourth-order valence-electron chi connectivity index (χ4n) is 5.18. The number of rotatable bonds is 7. The number of halogens is 3. The molecule has 14 heteroatoms. The maximum atomic E-state index is 15.3. The molecule has 2 saturated heterocycles. The number of nitrogens with zero attached hydrogens (tertiary/aromatic N) is 7. The van der Waals surface area contributed by atoms with Crippen LogP contribution in [0.15, 0.2) is 62.4 Å². The van der Waals surface area contributed by atoms with Crippen molar-refractivity contribution in [3.8, 4) is 22.6 Å². The second-order valence-electron chi connectivity index (χ2n) is 10.2. The van der Waals surface area contributed by atoms with E-state index in [1.54, 1.807) is 18.3 Å². The van der Waals surface area contributed by atoms with Gasteiger partial charge in [0, 0.05) is 55.8 Å². The minimum Gasteiger partial charge on any atom is -0.415 e. The highest BCUT2D eigenvalue weighted by molar-refractivity contribution is 5.81. The van der Waals surface area contributed by atoms with Gasteiger partial charge in [0.15, 0.2) is 5.58 Å². The molecule has 216 valence electrons. The molecule has 5 aromatic rings. The number of piperazine rings is 1. The Labute approximate surface area is 236 Å². The smallest absolute Gasteiger partial charge is 0.415 e. The van der Waals surface area contributed by atoms with Gasteiger partial charge in [-0.25, -0.2) is 14.2 Å². The summed E-state index contributed by atoms with van der Waals surface area (Å²) in [5, 5.41) is 6.89. The van der Waals surface area contributed by atoms with Crippen molar-refractivity contribution in [2.24, 2.45) is 0 Å². The lowest BCUT2D eigenvalue weighted by Crippen LogP contribution is -2.56. The van der Waals surface area contributed by atoms with E-state index in [0.717, 1.165) is 45.2 Å². The monoisotopic (exact) mass is 579 g/mol. The summed E-state index contributed by atoms with van der Waals surface area (Å²) in [6.45, 7) is 5.19. The highest BCUT2D eigenvalue weighted by atomic mass is 19.3. The highest BCUT2D eigenvalue weighted by Gasteiger charge is 2.29. The molecule has 0 unspecified atom stereocenters. The zero-order valence-electron chi connectivity index (χ0n) is 22.1. The topological polar surface area (TPSA) is 116 Å². The predicted octanol–water partition coefficient (Wildman–Crippen LogP) is 3.75. The van der Waals surface area contributed by atoms with Crippen LogP contribution in [-0.4, -0.2) is 75.1 Å². The molecule has 4 aromatic heterocycles. The van der Waals surface area contributed by atoms with Crippen molar-refractivity contribution in [2.45, 2.75) is 19.0 Å². The number of anilines is 1. The van der Waals surface area contributed by atoms with Gasteiger partial charge in [-0.15, -0.1) is 10.2 Å². The molecule has 1 aromatic carbocycles. The molecule has 2 fully saturated rings. The van der Waals surface area contributed by atoms with Crippen molar-refractivity contribution in [3.63, 3.8) is 0 Å². The minimum atomic E-state index is -2.88. The molecule has 0 aliphatic carbocycles. The van der Waals surface area contributed by atoms with Gasteiger partial charge in [0.25, 0.3) is 5.89 Å². The molecule has 7 rings (SSSR count). The number of alkyl halides is 2. The molecule has 2 aliphatic rings. The predicted molar refractivity (Wildman–Crippen MR) is 144 cm³/mol. The Morgan fingerprint density at radius 3 is 2.36 bits per heavy atom. The Balaban J connectivity index is 1.07. The van der Waals surface area contributed by atoms with Gasteiger partial charge in [-0.1, -0.05) is 0 Å². The lowest BCUT2D eigenvalue weighted by molar-refractivity contribution is -0.0661. The van der Waals surface area contributed by atoms with Crippen LogP contribution in [-0.2, 0) is 11.3 Å². The van der Waals surface area contributed by atoms with Crippen LogP contribution in [0.4, 0.5) is 19.0 Å². The van der Waals surface area contributed by atoms with Crippen LogP contribution in [0.5, 0.6) is 0 Å². The second-order valence-corrected chi connectivity index (χ2v) is 10.2. The fourth-order valence-corrected chi connectivity index (χ4v) is 5.18. The van der Waals surface area contributed by atoms with E-state index < -0.39 is 23.9 Å². The molecule has 6 heterocycles. The third-order valence-corrected chi connectivity index (χ3v) is 7.61. The second kappa shape index (κ2) is 10.7. The van der Waals surface area contributed by atoms with Crippen LogP contribution >= 0.6 is 0 Å². The van der Waals surface area contributed by atoms with E-state index >= 15 is 4.39 Å². The standard InChI is InChI=1S/C28H24F3N7O4/c29-21-10-22-23(9-20(21)16-2-4-24(33-11-16)37-7-5-36(6-8-37)19-14-40-15-19)41-28(39)38(22)13-18-3-1-17(12-32-18)26-34-35-27(42-26)25(30)31/h1-4,9-12,19,25H,5-8,13-15H2. The van der Waals surface area contributed by atoms with Gasteiger partial charge in [0.1, 0.15) is 11.6 Å². The van der Waals surface area contributed by atoms with Crippen molar-refractivity contribution >= 4 is 16.9 Å². The lowest BCUT2D eigenvalue weighted by atomic mass is 10.1. The summed E-state index contributed by atoms with van der Waals surface area (Å²) in [4.78, 5) is 26.2. The Hall–Kier alpha value is -4.56. The first kappa shape index (κ1) is 26.3. The molecule has 2 aliphatic heterocycles. The largest absolute Gasteiger partial charge is 0.420 e. The van der Waals surface area contributed by atoms with Crippen LogP contribution in [0, 0.1) is 5.82 Å². The lowest BCUT2D eigenvalue weighted by Gasteiger charge is -2.42. The molecule has 0 saturated carbocycles. The molecule has 0 radical (unpaired) electrons. The third kappa shape index (κ3) is 4.92. The summed E-state index contributed by atoms with van der Waals surface area (Å²) in [5.41, 5.74) is 2.10. The van der Waals surface area contributed by atoms with Gasteiger partial charge in [-0.05, 0) is 30.3 Å². The Morgan fingerprint density at radius 2 is 1.71 bits per heavy atom. The van der Waals surface area contributed by atoms with E-state index in [1.165, 1.54) is 22.9 Å². The minimum absolute atomic E-state index is 0.00565. The number of fused-ring (bicyclic) bond motifs is 1. The van der Waals surface area contributed by atoms with E-state index in [4.69, 9.17) is 13.6 Å². The van der Waals surface area contributed by atoms with Crippen LogP contribution in [0.1, 0.15) is 18.0 Å². The van der Waals surface area contributed by atoms with Crippen molar-refractivity contribution in [1.29, 1.82) is 0 Å². The van der Waals surface area contributed by atoms with Crippen molar-refractivity contribution < 1.29 is 26.7 Å². The molecule has 11 nitrogen and oxygen atoms in total. The summed E-state index contributed by atoms with van der Waals surface area (Å²) in [7, 11) is 0. The molecule has 0 spiro atoms. The maximum Gasteiger partial charge on any atom is 0.420 e. The highest BCUT2D eigenvalue weighted by Crippen LogP contribution is 2.29. The molecule has 0 atom stereocenters. The summed E-state index contributed by atoms with van der Waals surface area (Å²) in [6, 6.07) is 10.1. The van der Waals surface area contributed by atoms with E-state index in [0.29, 0.717) is 22.9 Å². The third-order valence-electron chi connectivity index (χ3n) is 7.61. The van der Waals surface area contributed by atoms with Gasteiger partial charge in [0.05, 0.1) is 42.6 Å². The normalized spacial score (nSPS) is 16.4. The number of hydrogen-bond acceptors (Lipinski definition) is 10. The van der Waals surface area contributed by atoms with Gasteiger partial charge >= 0.3 is 12.2 Å². The van der Waals surface area contributed by atoms with E-state index in [-0.39, 0.29) is 29.1 Å². The van der Waals surface area contributed by atoms with Gasteiger partial charge in [-0.3, -0.25) is 14.5 Å². The molecular formula is C28H24F3N7O4. The van der Waals surface area contributed by atoms with Gasteiger partial charge in [0.2, 0.25) is 5.89 Å². The summed E-state index contributed by atoms with van der Waals surface area (Å²) in [5.74, 6) is -1.26. The summed E-state index contributed by atoms with van der Waals surface area (Å²) >= 11 is 0. The van der Waals surface area contributed by atoms with E-state index in [1.807, 2.05) is 12.1 Å². The SMILES string of the molecule is O=c1oc2cc(-c3ccc(N4CCN(C5COC5)CC4)nc3)c(F)cc2n1Cc1ccc(-c2nnc(C(F)F)o2)cn1. The van der Waals surface area contributed by atoms with Crippen LogP contribution in [0.25, 0.3) is 33.7 Å². The van der Waals surface area contributed by atoms with Gasteiger partial charge < -0.3 is 18.5 Å². The first-order valence-corrected chi connectivity index (χ1v) is 13.4. The molecule has 0 amide bonds. The van der Waals surface area contributed by atoms with Crippen LogP contribution < -0.4 is 10.7 Å². The van der Waals surface area contributed by atoms with Crippen LogP contribution in [0.2, 0.25) is 0 Å². The maximum absolute atomic E-state index is 15.3. The number of benzene rings is 1. The fraction of sp³-hybridized carbons (Fsp3) is 0.321. The number of pyridine rings is 2. The molecule has 0 N–H and O–H groups in total. The number of hydrogen-bond donors (Lipinski definition) is 0. The summed E-state index contributed by atoms with van der Waals surface area (Å²) in [6.07, 6.45) is 0.111. The molecule has 0 bridgehead atoms. The quantitative estimate of drug-likeness (QED) is 0.282. The van der Waals surface area contributed by atoms with Crippen molar-refractivity contribution in [3.05, 3.63) is 76.7 Å². The van der Waals surface area contributed by atoms with Crippen LogP contribution in [0.3, 0.4) is 0 Å². The average molecular weight is 580 g/mol. The van der Waals surface area contributed by atoms with E-state index in [2.05, 4.69) is 30.0 Å². The molecular weight excluding hydrogens is 555 g/mol. The molecule has 42 heavy (non-hydrogen) atoms. The Kier molecular flexibility index (Phi) is 6.70. The van der Waals surface area contributed by atoms with Gasteiger partial charge in [-0.2, -0.15) is 8.78 Å². The first-order chi connectivity index (χ1) is 20.4. The van der Waals surface area contributed by atoms with Crippen molar-refractivity contribution in [1.82, 2.24) is 29.6 Å². The Morgan fingerprint density at radius 1 is 0.929 bits per heavy atom. The first-order valence-electron chi connectivity index (χ1n) is 13.4. The zero-order valence-corrected chi connectivity index (χ0v) is 22.1. The Bertz CT molecular complexity index is 1770. The number of ether oxygens (including phenoxy) is 1. The van der Waals surface area contributed by atoms with E-state index in [9.17, 15) is 13.6 Å². The number of oxazole rings is 1. The number of aromatic nitrogens is 5. The zero-order chi connectivity index (χ0) is 28.8.